The van der Waals surface area contributed by atoms with Crippen LogP contribution in [0.1, 0.15) is 66.2 Å². The standard InChI is InChI=1S/C23H43N7O7/c1-5-13(4)18(24)21(35)28-14(8-9-17(31)32)19(33)30-16(11-12(2)3)20(34)29-15(22(36)37)7-6-10-27-23(25)26/h12-16,18H,5-11,24H2,1-4H3,(H,28,35)(H,29,34)(H,30,33)(H,31,32)(H,36,37)(H4,25,26,27). The predicted molar refractivity (Wildman–Crippen MR) is 137 cm³/mol. The van der Waals surface area contributed by atoms with Gasteiger partial charge >= 0.3 is 11.9 Å². The van der Waals surface area contributed by atoms with Crippen LogP contribution in [0.25, 0.3) is 0 Å². The third-order valence-corrected chi connectivity index (χ3v) is 5.74. The molecule has 0 spiro atoms. The van der Waals surface area contributed by atoms with Crippen LogP contribution < -0.4 is 33.2 Å². The number of carbonyl (C=O) groups is 5. The van der Waals surface area contributed by atoms with E-state index in [0.717, 1.165) is 0 Å². The fourth-order valence-corrected chi connectivity index (χ4v) is 3.33. The molecule has 0 radical (unpaired) electrons. The Balaban J connectivity index is 5.57. The maximum Gasteiger partial charge on any atom is 0.326 e. The second-order valence-corrected chi connectivity index (χ2v) is 9.44. The first-order valence-electron chi connectivity index (χ1n) is 12.4. The average Bonchev–Trinajstić information content (AvgIpc) is 2.80. The third kappa shape index (κ3) is 14.0. The summed E-state index contributed by atoms with van der Waals surface area (Å²) in [4.78, 5) is 65.1. The number of nitrogens with one attached hydrogen (secondary N) is 3. The molecule has 0 aliphatic carbocycles. The number of rotatable bonds is 18. The maximum atomic E-state index is 13.0. The van der Waals surface area contributed by atoms with E-state index in [1.807, 2.05) is 20.8 Å². The Labute approximate surface area is 217 Å². The topological polar surface area (TPSA) is 252 Å². The van der Waals surface area contributed by atoms with Gasteiger partial charge < -0.3 is 43.4 Å². The van der Waals surface area contributed by atoms with Crippen molar-refractivity contribution in [3.8, 4) is 0 Å². The first-order chi connectivity index (χ1) is 17.2. The molecule has 0 heterocycles. The van der Waals surface area contributed by atoms with Gasteiger partial charge in [-0.3, -0.25) is 24.2 Å². The quantitative estimate of drug-likeness (QED) is 0.0601. The van der Waals surface area contributed by atoms with Crippen LogP contribution in [0.5, 0.6) is 0 Å². The number of amides is 3. The number of nitrogens with zero attached hydrogens (tertiary/aromatic N) is 1. The normalized spacial score (nSPS) is 15.0. The molecule has 0 saturated carbocycles. The lowest BCUT2D eigenvalue weighted by molar-refractivity contribution is -0.142. The van der Waals surface area contributed by atoms with Gasteiger partial charge in [0.1, 0.15) is 18.1 Å². The summed E-state index contributed by atoms with van der Waals surface area (Å²) < 4.78 is 0. The molecule has 3 amide bonds. The number of nitrogens with two attached hydrogens (primary N) is 3. The predicted octanol–water partition coefficient (Wildman–Crippen LogP) is -1.14. The van der Waals surface area contributed by atoms with Crippen molar-refractivity contribution in [2.45, 2.75) is 90.4 Å². The average molecular weight is 530 g/mol. The first kappa shape index (κ1) is 33.6. The van der Waals surface area contributed by atoms with Gasteiger partial charge in [0.05, 0.1) is 6.04 Å². The van der Waals surface area contributed by atoms with Crippen LogP contribution in [0.15, 0.2) is 4.99 Å². The molecule has 5 atom stereocenters. The maximum absolute atomic E-state index is 13.0. The van der Waals surface area contributed by atoms with E-state index in [1.54, 1.807) is 6.92 Å². The molecule has 0 bridgehead atoms. The molecule has 0 aromatic rings. The largest absolute Gasteiger partial charge is 0.481 e. The highest BCUT2D eigenvalue weighted by atomic mass is 16.4. The van der Waals surface area contributed by atoms with E-state index in [0.29, 0.717) is 6.42 Å². The fourth-order valence-electron chi connectivity index (χ4n) is 3.33. The summed E-state index contributed by atoms with van der Waals surface area (Å²) in [5.41, 5.74) is 16.4. The van der Waals surface area contributed by atoms with Crippen LogP contribution in [-0.4, -0.2) is 76.5 Å². The van der Waals surface area contributed by atoms with Crippen LogP contribution >= 0.6 is 0 Å². The number of aliphatic imine (C=N–C) groups is 1. The molecule has 0 fully saturated rings. The Hall–Kier alpha value is -3.42. The smallest absolute Gasteiger partial charge is 0.326 e. The molecule has 37 heavy (non-hydrogen) atoms. The Kier molecular flexibility index (Phi) is 15.5. The van der Waals surface area contributed by atoms with E-state index in [4.69, 9.17) is 22.3 Å². The van der Waals surface area contributed by atoms with Crippen LogP contribution in [0.4, 0.5) is 0 Å². The zero-order valence-electron chi connectivity index (χ0n) is 22.0. The van der Waals surface area contributed by atoms with Crippen molar-refractivity contribution in [1.29, 1.82) is 0 Å². The van der Waals surface area contributed by atoms with Gasteiger partial charge in [-0.15, -0.1) is 0 Å². The molecule has 212 valence electrons. The molecule has 0 aromatic carbocycles. The molecular formula is C23H43N7O7. The Morgan fingerprint density at radius 2 is 1.38 bits per heavy atom. The minimum atomic E-state index is -1.27. The molecule has 0 aromatic heterocycles. The van der Waals surface area contributed by atoms with Crippen molar-refractivity contribution in [2.24, 2.45) is 34.0 Å². The van der Waals surface area contributed by atoms with Crippen molar-refractivity contribution < 1.29 is 34.2 Å². The van der Waals surface area contributed by atoms with Crippen molar-refractivity contribution in [3.05, 3.63) is 0 Å². The highest BCUT2D eigenvalue weighted by Crippen LogP contribution is 2.10. The number of aliphatic carboxylic acids is 2. The summed E-state index contributed by atoms with van der Waals surface area (Å²) in [7, 11) is 0. The zero-order valence-corrected chi connectivity index (χ0v) is 22.0. The van der Waals surface area contributed by atoms with E-state index in [2.05, 4.69) is 20.9 Å². The minimum Gasteiger partial charge on any atom is -0.481 e. The van der Waals surface area contributed by atoms with Gasteiger partial charge in [-0.25, -0.2) is 4.79 Å². The third-order valence-electron chi connectivity index (χ3n) is 5.74. The number of carboxylic acids is 2. The second-order valence-electron chi connectivity index (χ2n) is 9.44. The lowest BCUT2D eigenvalue weighted by Gasteiger charge is -2.26. The number of carboxylic acid groups (broad SMARTS) is 2. The van der Waals surface area contributed by atoms with Gasteiger partial charge in [-0.2, -0.15) is 0 Å². The van der Waals surface area contributed by atoms with Crippen molar-refractivity contribution in [1.82, 2.24) is 16.0 Å². The monoisotopic (exact) mass is 529 g/mol. The van der Waals surface area contributed by atoms with Crippen LogP contribution in [0.2, 0.25) is 0 Å². The van der Waals surface area contributed by atoms with Crippen molar-refractivity contribution in [2.75, 3.05) is 6.54 Å². The van der Waals surface area contributed by atoms with E-state index in [9.17, 15) is 29.1 Å². The summed E-state index contributed by atoms with van der Waals surface area (Å²) in [6.07, 6.45) is 0.492. The first-order valence-corrected chi connectivity index (χ1v) is 12.4. The second kappa shape index (κ2) is 17.1. The van der Waals surface area contributed by atoms with Gasteiger partial charge in [-0.1, -0.05) is 34.1 Å². The molecule has 0 aliphatic heterocycles. The van der Waals surface area contributed by atoms with Gasteiger partial charge in [0.15, 0.2) is 5.96 Å². The van der Waals surface area contributed by atoms with Crippen molar-refractivity contribution >= 4 is 35.6 Å². The Morgan fingerprint density at radius 3 is 1.86 bits per heavy atom. The van der Waals surface area contributed by atoms with Gasteiger partial charge in [0.2, 0.25) is 17.7 Å². The van der Waals surface area contributed by atoms with Gasteiger partial charge in [0.25, 0.3) is 0 Å². The Morgan fingerprint density at radius 1 is 0.838 bits per heavy atom. The molecule has 14 heteroatoms. The molecule has 5 unspecified atom stereocenters. The summed E-state index contributed by atoms with van der Waals surface area (Å²) in [6, 6.07) is -4.53. The van der Waals surface area contributed by atoms with Crippen LogP contribution in [0.3, 0.4) is 0 Å². The van der Waals surface area contributed by atoms with Crippen LogP contribution in [-0.2, 0) is 24.0 Å². The summed E-state index contributed by atoms with van der Waals surface area (Å²) in [5.74, 6) is -4.92. The highest BCUT2D eigenvalue weighted by molar-refractivity contribution is 5.94. The fraction of sp³-hybridized carbons (Fsp3) is 0.739. The van der Waals surface area contributed by atoms with E-state index in [1.165, 1.54) is 0 Å². The molecule has 0 rings (SSSR count). The number of hydrogen-bond acceptors (Lipinski definition) is 7. The van der Waals surface area contributed by atoms with Gasteiger partial charge in [-0.05, 0) is 37.5 Å². The zero-order chi connectivity index (χ0) is 28.7. The SMILES string of the molecule is CCC(C)C(N)C(=O)NC(CCC(=O)O)C(=O)NC(CC(C)C)C(=O)NC(CCCN=C(N)N)C(=O)O. The molecule has 11 N–H and O–H groups in total. The number of hydrogen-bond donors (Lipinski definition) is 8. The lowest BCUT2D eigenvalue weighted by atomic mass is 9.98. The molecule has 14 nitrogen and oxygen atoms in total. The van der Waals surface area contributed by atoms with E-state index < -0.39 is 60.2 Å². The molecule has 0 saturated heterocycles. The summed E-state index contributed by atoms with van der Waals surface area (Å²) in [5, 5.41) is 26.0. The van der Waals surface area contributed by atoms with Gasteiger partial charge in [0, 0.05) is 13.0 Å². The lowest BCUT2D eigenvalue weighted by Crippen LogP contribution is -2.57. The molecule has 0 aliphatic rings. The number of guanidine groups is 1. The van der Waals surface area contributed by atoms with E-state index >= 15 is 0 Å². The summed E-state index contributed by atoms with van der Waals surface area (Å²) in [6.45, 7) is 7.43. The Bertz CT molecular complexity index is 815. The molecular weight excluding hydrogens is 486 g/mol. The van der Waals surface area contributed by atoms with Crippen molar-refractivity contribution in [3.63, 3.8) is 0 Å². The highest BCUT2D eigenvalue weighted by Gasteiger charge is 2.31. The summed E-state index contributed by atoms with van der Waals surface area (Å²) >= 11 is 0. The van der Waals surface area contributed by atoms with E-state index in [-0.39, 0.29) is 50.0 Å². The minimum absolute atomic E-state index is 0.0466. The number of carbonyl (C=O) groups excluding carboxylic acids is 3. The van der Waals surface area contributed by atoms with Crippen LogP contribution in [0, 0.1) is 11.8 Å².